The number of nitrogens with one attached hydrogen (secondary N) is 1. The highest BCUT2D eigenvalue weighted by Gasteiger charge is 2.66. The van der Waals surface area contributed by atoms with Crippen LogP contribution in [0.25, 0.3) is 0 Å². The van der Waals surface area contributed by atoms with Crippen molar-refractivity contribution in [2.24, 2.45) is 5.92 Å². The van der Waals surface area contributed by atoms with Crippen molar-refractivity contribution < 1.29 is 28.7 Å². The minimum atomic E-state index is -0.429. The molecule has 1 fully saturated rings. The van der Waals surface area contributed by atoms with E-state index in [4.69, 9.17) is 14.2 Å². The Morgan fingerprint density at radius 3 is 2.78 bits per heavy atom. The lowest BCUT2D eigenvalue weighted by Gasteiger charge is -2.54. The summed E-state index contributed by atoms with van der Waals surface area (Å²) >= 11 is 0. The molecule has 2 aliphatic carbocycles. The van der Waals surface area contributed by atoms with Crippen LogP contribution in [-0.4, -0.2) is 43.8 Å². The highest BCUT2D eigenvalue weighted by atomic mass is 16.6. The Labute approximate surface area is 158 Å². The van der Waals surface area contributed by atoms with E-state index < -0.39 is 6.10 Å². The molecule has 2 heterocycles. The molecule has 2 unspecified atom stereocenters. The Hall–Kier alpha value is -2.34. The van der Waals surface area contributed by atoms with Crippen molar-refractivity contribution in [3.63, 3.8) is 0 Å². The van der Waals surface area contributed by atoms with Gasteiger partial charge in [-0.2, -0.15) is 0 Å². The molecule has 1 N–H and O–H groups in total. The average molecular weight is 370 g/mol. The lowest BCUT2D eigenvalue weighted by molar-refractivity contribution is -0.917. The molecule has 2 aliphatic heterocycles. The van der Waals surface area contributed by atoms with E-state index >= 15 is 0 Å². The molecule has 6 atom stereocenters. The molecule has 4 aliphatic rings. The molecule has 0 radical (unpaired) electrons. The number of hydrogen-bond donors (Lipinski definition) is 1. The zero-order chi connectivity index (χ0) is 18.9. The summed E-state index contributed by atoms with van der Waals surface area (Å²) in [5, 5.41) is 0. The van der Waals surface area contributed by atoms with Gasteiger partial charge in [0.25, 0.3) is 0 Å². The van der Waals surface area contributed by atoms with E-state index in [0.29, 0.717) is 23.5 Å². The standard InChI is InChI=1S/C21H23NO5/c1-11(23)25-16-6-4-13-10-15-14-5-7-17(26-12(2)24)20-21(14,8-9-22(15)3)18(13)19(16)27-20/h4-7,14-15,17,20H,8-10H2,1-3H3/p+1/t14-,15-,17-,20?,21-/m0/s1. The van der Waals surface area contributed by atoms with Crippen LogP contribution in [0.1, 0.15) is 31.4 Å². The number of rotatable bonds is 2. The van der Waals surface area contributed by atoms with Gasteiger partial charge in [-0.15, -0.1) is 0 Å². The number of quaternary nitrogens is 1. The summed E-state index contributed by atoms with van der Waals surface area (Å²) in [7, 11) is 2.26. The number of piperidine rings is 1. The molecule has 2 bridgehead atoms. The molecule has 1 saturated heterocycles. The first kappa shape index (κ1) is 16.8. The summed E-state index contributed by atoms with van der Waals surface area (Å²) < 4.78 is 17.5. The number of likely N-dealkylation sites (tertiary alicyclic amines) is 1. The normalized spacial score (nSPS) is 37.2. The zero-order valence-corrected chi connectivity index (χ0v) is 15.8. The topological polar surface area (TPSA) is 66.3 Å². The van der Waals surface area contributed by atoms with Gasteiger partial charge in [-0.05, 0) is 17.7 Å². The van der Waals surface area contributed by atoms with Crippen LogP contribution in [0.3, 0.4) is 0 Å². The summed E-state index contributed by atoms with van der Waals surface area (Å²) in [6.07, 6.45) is 5.44. The van der Waals surface area contributed by atoms with Crippen molar-refractivity contribution >= 4 is 11.9 Å². The van der Waals surface area contributed by atoms with Crippen molar-refractivity contribution in [2.45, 2.75) is 50.4 Å². The van der Waals surface area contributed by atoms with E-state index in [2.05, 4.69) is 19.2 Å². The van der Waals surface area contributed by atoms with Crippen molar-refractivity contribution in [1.29, 1.82) is 0 Å². The number of ether oxygens (including phenoxy) is 3. The van der Waals surface area contributed by atoms with Crippen molar-refractivity contribution in [1.82, 2.24) is 0 Å². The van der Waals surface area contributed by atoms with Crippen LogP contribution in [0.4, 0.5) is 0 Å². The Morgan fingerprint density at radius 1 is 1.22 bits per heavy atom. The first-order chi connectivity index (χ1) is 12.9. The van der Waals surface area contributed by atoms with Gasteiger partial charge in [-0.3, -0.25) is 9.59 Å². The van der Waals surface area contributed by atoms with E-state index in [1.807, 2.05) is 12.1 Å². The molecular formula is C21H24NO5+. The number of esters is 2. The highest BCUT2D eigenvalue weighted by molar-refractivity contribution is 5.72. The lowest BCUT2D eigenvalue weighted by atomic mass is 9.53. The number of benzene rings is 1. The largest absolute Gasteiger partial charge is 0.481 e. The van der Waals surface area contributed by atoms with Crippen molar-refractivity contribution in [2.75, 3.05) is 13.6 Å². The molecule has 1 spiro atoms. The quantitative estimate of drug-likeness (QED) is 0.469. The highest BCUT2D eigenvalue weighted by Crippen LogP contribution is 2.61. The summed E-state index contributed by atoms with van der Waals surface area (Å²) in [6, 6.07) is 4.38. The SMILES string of the molecule is CC(=O)Oc1ccc2c3c1OC1[C@@H](OC(C)=O)C=C[C@H]4[C@H](C2)[NH+](C)CC[C@]314. The third kappa shape index (κ3) is 2.16. The smallest absolute Gasteiger partial charge is 0.308 e. The van der Waals surface area contributed by atoms with Crippen LogP contribution in [0.5, 0.6) is 11.5 Å². The van der Waals surface area contributed by atoms with Gasteiger partial charge >= 0.3 is 11.9 Å². The van der Waals surface area contributed by atoms with Gasteiger partial charge < -0.3 is 19.1 Å². The third-order valence-corrected chi connectivity index (χ3v) is 6.82. The van der Waals surface area contributed by atoms with Gasteiger partial charge in [0.2, 0.25) is 0 Å². The predicted octanol–water partition coefficient (Wildman–Crippen LogP) is 0.572. The first-order valence-corrected chi connectivity index (χ1v) is 9.61. The van der Waals surface area contributed by atoms with Gasteiger partial charge in [-0.25, -0.2) is 0 Å². The fourth-order valence-corrected chi connectivity index (χ4v) is 5.88. The van der Waals surface area contributed by atoms with Crippen LogP contribution in [-0.2, 0) is 26.2 Å². The number of carbonyl (C=O) groups excluding carboxylic acids is 2. The molecule has 5 rings (SSSR count). The van der Waals surface area contributed by atoms with Gasteiger partial charge in [-0.1, -0.05) is 12.1 Å². The molecule has 0 amide bonds. The average Bonchev–Trinajstić information content (AvgIpc) is 2.95. The Morgan fingerprint density at radius 2 is 2.04 bits per heavy atom. The maximum Gasteiger partial charge on any atom is 0.308 e. The minimum absolute atomic E-state index is 0.224. The Balaban J connectivity index is 1.71. The molecule has 1 aromatic carbocycles. The van der Waals surface area contributed by atoms with Gasteiger partial charge in [0.1, 0.15) is 0 Å². The van der Waals surface area contributed by atoms with Crippen LogP contribution in [0.15, 0.2) is 24.3 Å². The van der Waals surface area contributed by atoms with Crippen LogP contribution in [0, 0.1) is 5.92 Å². The van der Waals surface area contributed by atoms with E-state index in [0.717, 1.165) is 19.4 Å². The van der Waals surface area contributed by atoms with Gasteiger partial charge in [0.05, 0.1) is 25.0 Å². The molecule has 27 heavy (non-hydrogen) atoms. The second-order valence-electron chi connectivity index (χ2n) is 8.24. The lowest BCUT2D eigenvalue weighted by Crippen LogP contribution is -3.16. The number of carbonyl (C=O) groups is 2. The van der Waals surface area contributed by atoms with Gasteiger partial charge in [0, 0.05) is 38.2 Å². The van der Waals surface area contributed by atoms with Gasteiger partial charge in [0.15, 0.2) is 23.7 Å². The fraction of sp³-hybridized carbons (Fsp3) is 0.524. The fourth-order valence-electron chi connectivity index (χ4n) is 5.88. The monoisotopic (exact) mass is 370 g/mol. The Kier molecular flexibility index (Phi) is 3.47. The molecule has 6 heteroatoms. The molecular weight excluding hydrogens is 346 g/mol. The van der Waals surface area contributed by atoms with Crippen LogP contribution < -0.4 is 14.4 Å². The molecule has 6 nitrogen and oxygen atoms in total. The minimum Gasteiger partial charge on any atom is -0.481 e. The maximum atomic E-state index is 11.7. The number of likely N-dealkylation sites (N-methyl/N-ethyl adjacent to an activating group) is 1. The summed E-state index contributed by atoms with van der Waals surface area (Å²) in [4.78, 5) is 24.8. The second kappa shape index (κ2) is 5.58. The van der Waals surface area contributed by atoms with E-state index in [1.54, 1.807) is 0 Å². The number of hydrogen-bond acceptors (Lipinski definition) is 5. The zero-order valence-electron chi connectivity index (χ0n) is 15.8. The Bertz CT molecular complexity index is 878. The predicted molar refractivity (Wildman–Crippen MR) is 95.9 cm³/mol. The molecule has 0 saturated carbocycles. The van der Waals surface area contributed by atoms with Crippen LogP contribution in [0.2, 0.25) is 0 Å². The molecule has 1 aromatic rings. The van der Waals surface area contributed by atoms with E-state index in [9.17, 15) is 9.59 Å². The first-order valence-electron chi connectivity index (χ1n) is 9.61. The second-order valence-corrected chi connectivity index (χ2v) is 8.24. The summed E-state index contributed by atoms with van der Waals surface area (Å²) in [5.41, 5.74) is 2.21. The van der Waals surface area contributed by atoms with Crippen molar-refractivity contribution in [3.8, 4) is 11.5 Å². The summed E-state index contributed by atoms with van der Waals surface area (Å²) in [6.45, 7) is 3.86. The third-order valence-electron chi connectivity index (χ3n) is 6.82. The van der Waals surface area contributed by atoms with Crippen LogP contribution >= 0.6 is 0 Å². The maximum absolute atomic E-state index is 11.7. The van der Waals surface area contributed by atoms with E-state index in [1.165, 1.54) is 29.9 Å². The van der Waals surface area contributed by atoms with E-state index in [-0.39, 0.29) is 23.5 Å². The summed E-state index contributed by atoms with van der Waals surface area (Å²) in [5.74, 6) is 0.774. The molecule has 142 valence electrons. The molecule has 0 aromatic heterocycles. The van der Waals surface area contributed by atoms with Crippen molar-refractivity contribution in [3.05, 3.63) is 35.4 Å².